The van der Waals surface area contributed by atoms with E-state index in [0.29, 0.717) is 17.1 Å². The molecule has 0 unspecified atom stereocenters. The number of carbonyl (C=O) groups is 1. The van der Waals surface area contributed by atoms with Crippen LogP contribution in [0, 0.1) is 0 Å². The van der Waals surface area contributed by atoms with E-state index in [-0.39, 0.29) is 5.91 Å². The van der Waals surface area contributed by atoms with Crippen molar-refractivity contribution in [3.63, 3.8) is 0 Å². The molecule has 1 aliphatic rings. The number of nitrogens with zero attached hydrogens (tertiary/aromatic N) is 2. The number of rotatable bonds is 4. The lowest BCUT2D eigenvalue weighted by molar-refractivity contribution is 0.102. The molecule has 6 heteroatoms. The highest BCUT2D eigenvalue weighted by atomic mass is 32.1. The topological polar surface area (TPSA) is 66.9 Å². The highest BCUT2D eigenvalue weighted by molar-refractivity contribution is 7.15. The van der Waals surface area contributed by atoms with Gasteiger partial charge in [0.2, 0.25) is 5.13 Å². The third-order valence-electron chi connectivity index (χ3n) is 5.26. The zero-order valence-corrected chi connectivity index (χ0v) is 16.6. The minimum Gasteiger partial charge on any atom is -0.312 e. The van der Waals surface area contributed by atoms with Crippen LogP contribution in [-0.4, -0.2) is 22.6 Å². The second kappa shape index (κ2) is 7.73. The summed E-state index contributed by atoms with van der Waals surface area (Å²) < 4.78 is 0. The van der Waals surface area contributed by atoms with Gasteiger partial charge in [-0.25, -0.2) is 0 Å². The molecule has 5 nitrogen and oxygen atoms in total. The quantitative estimate of drug-likeness (QED) is 0.539. The van der Waals surface area contributed by atoms with Crippen LogP contribution >= 0.6 is 11.3 Å². The Morgan fingerprint density at radius 1 is 1.03 bits per heavy atom. The van der Waals surface area contributed by atoms with Crippen molar-refractivity contribution in [1.82, 2.24) is 15.5 Å². The second-order valence-electron chi connectivity index (χ2n) is 7.18. The SMILES string of the molecule is O=C(Nc1nnc(Cc2cccc3ccccc23)s1)c1ccc2c(c1)CCNC2. The van der Waals surface area contributed by atoms with Crippen molar-refractivity contribution in [3.05, 3.63) is 87.9 Å². The fourth-order valence-electron chi connectivity index (χ4n) is 3.77. The number of nitrogens with one attached hydrogen (secondary N) is 2. The summed E-state index contributed by atoms with van der Waals surface area (Å²) in [5.74, 6) is -0.140. The molecule has 0 saturated carbocycles. The van der Waals surface area contributed by atoms with E-state index >= 15 is 0 Å². The predicted molar refractivity (Wildman–Crippen MR) is 116 cm³/mol. The first-order valence-electron chi connectivity index (χ1n) is 9.69. The maximum Gasteiger partial charge on any atom is 0.257 e. The van der Waals surface area contributed by atoms with Crippen molar-refractivity contribution in [2.75, 3.05) is 11.9 Å². The Morgan fingerprint density at radius 2 is 1.93 bits per heavy atom. The van der Waals surface area contributed by atoms with Gasteiger partial charge in [0.25, 0.3) is 5.91 Å². The third kappa shape index (κ3) is 3.77. The average Bonchev–Trinajstić information content (AvgIpc) is 3.20. The number of carbonyl (C=O) groups excluding carboxylic acids is 1. The molecule has 0 atom stereocenters. The summed E-state index contributed by atoms with van der Waals surface area (Å²) >= 11 is 1.42. The van der Waals surface area contributed by atoms with Gasteiger partial charge >= 0.3 is 0 Å². The maximum atomic E-state index is 12.7. The van der Waals surface area contributed by atoms with Crippen LogP contribution in [0.1, 0.15) is 32.1 Å². The van der Waals surface area contributed by atoms with Gasteiger partial charge < -0.3 is 5.32 Å². The molecule has 1 aromatic heterocycles. The van der Waals surface area contributed by atoms with E-state index < -0.39 is 0 Å². The molecule has 0 spiro atoms. The van der Waals surface area contributed by atoms with Gasteiger partial charge in [0.15, 0.2) is 0 Å². The van der Waals surface area contributed by atoms with E-state index in [9.17, 15) is 4.79 Å². The molecule has 2 N–H and O–H groups in total. The number of aromatic nitrogens is 2. The molecule has 4 aromatic rings. The molecule has 144 valence electrons. The maximum absolute atomic E-state index is 12.7. The van der Waals surface area contributed by atoms with E-state index in [2.05, 4.69) is 51.2 Å². The lowest BCUT2D eigenvalue weighted by Gasteiger charge is -2.17. The van der Waals surface area contributed by atoms with Crippen LogP contribution < -0.4 is 10.6 Å². The standard InChI is InChI=1S/C23H20N4OS/c28-22(18-8-9-19-14-24-11-10-16(19)12-18)25-23-27-26-21(29-23)13-17-6-3-5-15-4-1-2-7-20(15)17/h1-9,12,24H,10-11,13-14H2,(H,25,27,28). The van der Waals surface area contributed by atoms with Gasteiger partial charge in [0, 0.05) is 18.5 Å². The van der Waals surface area contributed by atoms with E-state index in [1.54, 1.807) is 0 Å². The van der Waals surface area contributed by atoms with Gasteiger partial charge in [-0.15, -0.1) is 10.2 Å². The van der Waals surface area contributed by atoms with Crippen LogP contribution in [0.2, 0.25) is 0 Å². The molecule has 1 aliphatic heterocycles. The lowest BCUT2D eigenvalue weighted by Crippen LogP contribution is -2.24. The summed E-state index contributed by atoms with van der Waals surface area (Å²) in [4.78, 5) is 12.7. The first kappa shape index (κ1) is 18.0. The number of anilines is 1. The third-order valence-corrected chi connectivity index (χ3v) is 6.10. The molecule has 2 heterocycles. The van der Waals surface area contributed by atoms with Gasteiger partial charge in [0.1, 0.15) is 5.01 Å². The van der Waals surface area contributed by atoms with E-state index in [1.807, 2.05) is 30.3 Å². The van der Waals surface area contributed by atoms with Crippen molar-refractivity contribution in [1.29, 1.82) is 0 Å². The smallest absolute Gasteiger partial charge is 0.257 e. The fraction of sp³-hybridized carbons (Fsp3) is 0.174. The van der Waals surface area contributed by atoms with Crippen molar-refractivity contribution in [3.8, 4) is 0 Å². The average molecular weight is 401 g/mol. The molecule has 1 amide bonds. The Bertz CT molecular complexity index is 1200. The van der Waals surface area contributed by atoms with Crippen molar-refractivity contribution in [2.24, 2.45) is 0 Å². The summed E-state index contributed by atoms with van der Waals surface area (Å²) in [6.07, 6.45) is 1.64. The van der Waals surface area contributed by atoms with Gasteiger partial charge in [0.05, 0.1) is 0 Å². The van der Waals surface area contributed by atoms with Crippen molar-refractivity contribution >= 4 is 33.1 Å². The van der Waals surface area contributed by atoms with Gasteiger partial charge in [-0.3, -0.25) is 10.1 Å². The molecule has 29 heavy (non-hydrogen) atoms. The van der Waals surface area contributed by atoms with Gasteiger partial charge in [-0.1, -0.05) is 59.9 Å². The Morgan fingerprint density at radius 3 is 2.90 bits per heavy atom. The largest absolute Gasteiger partial charge is 0.312 e. The molecule has 0 radical (unpaired) electrons. The minimum atomic E-state index is -0.140. The van der Waals surface area contributed by atoms with Crippen LogP contribution in [0.25, 0.3) is 10.8 Å². The highest BCUT2D eigenvalue weighted by Gasteiger charge is 2.15. The highest BCUT2D eigenvalue weighted by Crippen LogP contribution is 2.24. The molecule has 0 aliphatic carbocycles. The zero-order chi connectivity index (χ0) is 19.6. The predicted octanol–water partition coefficient (Wildman–Crippen LogP) is 4.18. The van der Waals surface area contributed by atoms with Crippen molar-refractivity contribution < 1.29 is 4.79 Å². The molecule has 3 aromatic carbocycles. The molecular weight excluding hydrogens is 380 g/mol. The number of hydrogen-bond acceptors (Lipinski definition) is 5. The fourth-order valence-corrected chi connectivity index (χ4v) is 4.53. The van der Waals surface area contributed by atoms with Crippen LogP contribution in [-0.2, 0) is 19.4 Å². The Kier molecular flexibility index (Phi) is 4.79. The van der Waals surface area contributed by atoms with Crippen LogP contribution in [0.15, 0.2) is 60.7 Å². The summed E-state index contributed by atoms with van der Waals surface area (Å²) in [5, 5.41) is 18.5. The first-order chi connectivity index (χ1) is 14.3. The monoisotopic (exact) mass is 400 g/mol. The Hall–Kier alpha value is -3.09. The minimum absolute atomic E-state index is 0.140. The number of amides is 1. The summed E-state index contributed by atoms with van der Waals surface area (Å²) in [6.45, 7) is 1.82. The normalized spacial score (nSPS) is 13.2. The van der Waals surface area contributed by atoms with Crippen LogP contribution in [0.5, 0.6) is 0 Å². The Balaban J connectivity index is 1.32. The van der Waals surface area contributed by atoms with Crippen molar-refractivity contribution in [2.45, 2.75) is 19.4 Å². The van der Waals surface area contributed by atoms with Crippen LogP contribution in [0.3, 0.4) is 0 Å². The van der Waals surface area contributed by atoms with Gasteiger partial charge in [-0.2, -0.15) is 0 Å². The molecule has 5 rings (SSSR count). The molecular formula is C23H20N4OS. The summed E-state index contributed by atoms with van der Waals surface area (Å²) in [6, 6.07) is 20.5. The summed E-state index contributed by atoms with van der Waals surface area (Å²) in [5.41, 5.74) is 4.38. The van der Waals surface area contributed by atoms with Crippen LogP contribution in [0.4, 0.5) is 5.13 Å². The second-order valence-corrected chi connectivity index (χ2v) is 8.24. The van der Waals surface area contributed by atoms with E-state index in [4.69, 9.17) is 0 Å². The number of benzene rings is 3. The lowest BCUT2D eigenvalue weighted by atomic mass is 9.98. The molecule has 0 bridgehead atoms. The Labute approximate surface area is 172 Å². The number of fused-ring (bicyclic) bond motifs is 2. The zero-order valence-electron chi connectivity index (χ0n) is 15.8. The van der Waals surface area contributed by atoms with E-state index in [0.717, 1.165) is 24.5 Å². The van der Waals surface area contributed by atoms with Gasteiger partial charge in [-0.05, 0) is 52.6 Å². The first-order valence-corrected chi connectivity index (χ1v) is 10.5. The molecule has 0 saturated heterocycles. The van der Waals surface area contributed by atoms with E-state index in [1.165, 1.54) is 38.8 Å². The summed E-state index contributed by atoms with van der Waals surface area (Å²) in [7, 11) is 0. The number of hydrogen-bond donors (Lipinski definition) is 2. The molecule has 0 fully saturated rings.